The van der Waals surface area contributed by atoms with E-state index in [1.807, 2.05) is 60.7 Å². The van der Waals surface area contributed by atoms with Crippen LogP contribution in [0, 0.1) is 0 Å². The van der Waals surface area contributed by atoms with Crippen molar-refractivity contribution in [3.8, 4) is 5.75 Å². The maximum atomic E-state index is 13.0. The number of nitrogens with one attached hydrogen (secondary N) is 1. The van der Waals surface area contributed by atoms with Crippen LogP contribution >= 0.6 is 0 Å². The summed E-state index contributed by atoms with van der Waals surface area (Å²) < 4.78 is 11.4. The van der Waals surface area contributed by atoms with Gasteiger partial charge < -0.3 is 14.5 Å². The van der Waals surface area contributed by atoms with Gasteiger partial charge in [0, 0.05) is 5.69 Å². The molecule has 0 spiro atoms. The van der Waals surface area contributed by atoms with Crippen LogP contribution in [-0.2, 0) is 4.79 Å². The fraction of sp³-hybridized carbons (Fsp3) is 0.208. The molecule has 4 nitrogen and oxygen atoms in total. The molecule has 1 aromatic heterocycles. The number of hydrogen-bond acceptors (Lipinski definition) is 3. The molecule has 1 fully saturated rings. The molecule has 0 aliphatic heterocycles. The van der Waals surface area contributed by atoms with Crippen molar-refractivity contribution in [3.63, 3.8) is 0 Å². The van der Waals surface area contributed by atoms with Gasteiger partial charge in [0.15, 0.2) is 0 Å². The lowest BCUT2D eigenvalue weighted by Gasteiger charge is -2.14. The molecule has 0 atom stereocenters. The second-order valence-corrected chi connectivity index (χ2v) is 6.94. The topological polar surface area (TPSA) is 51.5 Å². The Hall–Kier alpha value is -3.27. The van der Waals surface area contributed by atoms with Crippen molar-refractivity contribution in [3.05, 3.63) is 84.3 Å². The smallest absolute Gasteiger partial charge is 0.256 e. The van der Waals surface area contributed by atoms with Crippen molar-refractivity contribution in [1.29, 1.82) is 0 Å². The number of carbonyl (C=O) groups excluding carboxylic acids is 1. The summed E-state index contributed by atoms with van der Waals surface area (Å²) in [4.78, 5) is 13.0. The summed E-state index contributed by atoms with van der Waals surface area (Å²) in [6.07, 6.45) is 8.39. The largest absolute Gasteiger partial charge is 0.490 e. The van der Waals surface area contributed by atoms with E-state index >= 15 is 0 Å². The SMILES string of the molecule is O=C(Nc1ccc(OC2CCCC2)cc1)/C(=C/c1ccco1)c1ccccc1. The number of carbonyl (C=O) groups is 1. The zero-order valence-corrected chi connectivity index (χ0v) is 15.6. The molecule has 0 unspecified atom stereocenters. The minimum atomic E-state index is -0.188. The average Bonchev–Trinajstić information content (AvgIpc) is 3.42. The number of benzene rings is 2. The van der Waals surface area contributed by atoms with Crippen LogP contribution in [0.15, 0.2) is 77.4 Å². The molecule has 1 saturated carbocycles. The Bertz CT molecular complexity index is 922. The molecular weight excluding hydrogens is 350 g/mol. The van der Waals surface area contributed by atoms with E-state index in [2.05, 4.69) is 5.32 Å². The molecule has 4 heteroatoms. The van der Waals surface area contributed by atoms with Gasteiger partial charge in [-0.1, -0.05) is 30.3 Å². The van der Waals surface area contributed by atoms with Crippen molar-refractivity contribution in [1.82, 2.24) is 0 Å². The summed E-state index contributed by atoms with van der Waals surface area (Å²) in [6, 6.07) is 20.8. The summed E-state index contributed by atoms with van der Waals surface area (Å²) in [5.74, 6) is 1.29. The monoisotopic (exact) mass is 373 g/mol. The van der Waals surface area contributed by atoms with Crippen LogP contribution in [0.25, 0.3) is 11.6 Å². The van der Waals surface area contributed by atoms with Gasteiger partial charge in [0.1, 0.15) is 11.5 Å². The molecular formula is C24H23NO3. The third-order valence-electron chi connectivity index (χ3n) is 4.88. The molecule has 1 aliphatic carbocycles. The van der Waals surface area contributed by atoms with Crippen molar-refractivity contribution in [2.24, 2.45) is 0 Å². The van der Waals surface area contributed by atoms with Gasteiger partial charge >= 0.3 is 0 Å². The quantitative estimate of drug-likeness (QED) is 0.557. The Kier molecular flexibility index (Phi) is 5.57. The van der Waals surface area contributed by atoms with Crippen LogP contribution < -0.4 is 10.1 Å². The van der Waals surface area contributed by atoms with Gasteiger partial charge in [0.25, 0.3) is 5.91 Å². The van der Waals surface area contributed by atoms with Crippen LogP contribution in [0.3, 0.4) is 0 Å². The van der Waals surface area contributed by atoms with E-state index in [1.165, 1.54) is 12.8 Å². The van der Waals surface area contributed by atoms with Gasteiger partial charge in [-0.05, 0) is 73.7 Å². The fourth-order valence-electron chi connectivity index (χ4n) is 3.43. The number of furan rings is 1. The molecule has 4 rings (SSSR count). The first-order valence-corrected chi connectivity index (χ1v) is 9.67. The second kappa shape index (κ2) is 8.61. The van der Waals surface area contributed by atoms with Crippen LogP contribution in [0.2, 0.25) is 0 Å². The van der Waals surface area contributed by atoms with Gasteiger partial charge in [-0.2, -0.15) is 0 Å². The molecule has 0 bridgehead atoms. The molecule has 1 heterocycles. The van der Waals surface area contributed by atoms with E-state index in [-0.39, 0.29) is 5.91 Å². The average molecular weight is 373 g/mol. The normalized spacial score (nSPS) is 14.8. The van der Waals surface area contributed by atoms with Crippen molar-refractivity contribution in [2.75, 3.05) is 5.32 Å². The summed E-state index contributed by atoms with van der Waals surface area (Å²) in [6.45, 7) is 0. The maximum Gasteiger partial charge on any atom is 0.256 e. The zero-order valence-electron chi connectivity index (χ0n) is 15.6. The first-order chi connectivity index (χ1) is 13.8. The zero-order chi connectivity index (χ0) is 19.2. The van der Waals surface area contributed by atoms with E-state index < -0.39 is 0 Å². The van der Waals surface area contributed by atoms with Crippen LogP contribution in [-0.4, -0.2) is 12.0 Å². The fourth-order valence-corrected chi connectivity index (χ4v) is 3.43. The Morgan fingerprint density at radius 2 is 1.71 bits per heavy atom. The van der Waals surface area contributed by atoms with Crippen LogP contribution in [0.4, 0.5) is 5.69 Å². The minimum Gasteiger partial charge on any atom is -0.490 e. The predicted molar refractivity (Wildman–Crippen MR) is 111 cm³/mol. The Balaban J connectivity index is 1.49. The number of hydrogen-bond donors (Lipinski definition) is 1. The van der Waals surface area contributed by atoms with E-state index in [0.717, 1.165) is 29.8 Å². The van der Waals surface area contributed by atoms with E-state index in [9.17, 15) is 4.79 Å². The van der Waals surface area contributed by atoms with E-state index in [1.54, 1.807) is 18.4 Å². The maximum absolute atomic E-state index is 13.0. The minimum absolute atomic E-state index is 0.188. The number of ether oxygens (including phenoxy) is 1. The summed E-state index contributed by atoms with van der Waals surface area (Å²) in [5.41, 5.74) is 2.10. The number of anilines is 1. The third kappa shape index (κ3) is 4.52. The highest BCUT2D eigenvalue weighted by atomic mass is 16.5. The summed E-state index contributed by atoms with van der Waals surface area (Å²) in [7, 11) is 0. The molecule has 0 radical (unpaired) electrons. The van der Waals surface area contributed by atoms with Crippen molar-refractivity contribution < 1.29 is 13.9 Å². The molecule has 1 amide bonds. The van der Waals surface area contributed by atoms with Gasteiger partial charge in [-0.3, -0.25) is 4.79 Å². The molecule has 1 N–H and O–H groups in total. The molecule has 0 saturated heterocycles. The molecule has 3 aromatic rings. The summed E-state index contributed by atoms with van der Waals surface area (Å²) in [5, 5.41) is 2.97. The van der Waals surface area contributed by atoms with Gasteiger partial charge in [0.05, 0.1) is 17.9 Å². The molecule has 1 aliphatic rings. The first kappa shape index (κ1) is 18.1. The number of amides is 1. The lowest BCUT2D eigenvalue weighted by molar-refractivity contribution is -0.111. The Labute approximate surface area is 164 Å². The standard InChI is InChI=1S/C24H23NO3/c26-24(23(17-22-11-6-16-27-22)18-7-2-1-3-8-18)25-19-12-14-21(15-13-19)28-20-9-4-5-10-20/h1-3,6-8,11-17,20H,4-5,9-10H2,(H,25,26)/b23-17+. The second-order valence-electron chi connectivity index (χ2n) is 6.94. The Morgan fingerprint density at radius 3 is 2.39 bits per heavy atom. The lowest BCUT2D eigenvalue weighted by atomic mass is 10.0. The molecule has 2 aromatic carbocycles. The van der Waals surface area contributed by atoms with Crippen LogP contribution in [0.5, 0.6) is 5.75 Å². The van der Waals surface area contributed by atoms with Crippen molar-refractivity contribution >= 4 is 23.2 Å². The highest BCUT2D eigenvalue weighted by Gasteiger charge is 2.17. The first-order valence-electron chi connectivity index (χ1n) is 9.67. The Morgan fingerprint density at radius 1 is 0.964 bits per heavy atom. The van der Waals surface area contributed by atoms with Gasteiger partial charge in [-0.25, -0.2) is 0 Å². The van der Waals surface area contributed by atoms with Crippen LogP contribution in [0.1, 0.15) is 37.0 Å². The highest BCUT2D eigenvalue weighted by molar-refractivity contribution is 6.29. The predicted octanol–water partition coefficient (Wildman–Crippen LogP) is 5.78. The van der Waals surface area contributed by atoms with Gasteiger partial charge in [0.2, 0.25) is 0 Å². The lowest BCUT2D eigenvalue weighted by Crippen LogP contribution is -2.14. The molecule has 28 heavy (non-hydrogen) atoms. The van der Waals surface area contributed by atoms with Crippen molar-refractivity contribution in [2.45, 2.75) is 31.8 Å². The summed E-state index contributed by atoms with van der Waals surface area (Å²) >= 11 is 0. The number of rotatable bonds is 6. The van der Waals surface area contributed by atoms with E-state index in [4.69, 9.17) is 9.15 Å². The highest BCUT2D eigenvalue weighted by Crippen LogP contribution is 2.26. The molecule has 142 valence electrons. The third-order valence-corrected chi connectivity index (χ3v) is 4.88. The van der Waals surface area contributed by atoms with E-state index in [0.29, 0.717) is 17.4 Å². The van der Waals surface area contributed by atoms with Gasteiger partial charge in [-0.15, -0.1) is 0 Å².